The highest BCUT2D eigenvalue weighted by molar-refractivity contribution is 7.91. The van der Waals surface area contributed by atoms with Gasteiger partial charge in [0.2, 0.25) is 0 Å². The van der Waals surface area contributed by atoms with E-state index in [9.17, 15) is 13.2 Å². The molecule has 1 aromatic heterocycles. The van der Waals surface area contributed by atoms with E-state index in [1.54, 1.807) is 0 Å². The predicted octanol–water partition coefficient (Wildman–Crippen LogP) is 0.467. The molecule has 1 fully saturated rings. The van der Waals surface area contributed by atoms with Crippen LogP contribution in [0.3, 0.4) is 0 Å². The van der Waals surface area contributed by atoms with Gasteiger partial charge < -0.3 is 9.84 Å². The van der Waals surface area contributed by atoms with Crippen LogP contribution in [0, 0.1) is 0 Å². The van der Waals surface area contributed by atoms with Gasteiger partial charge in [0.15, 0.2) is 0 Å². The summed E-state index contributed by atoms with van der Waals surface area (Å²) in [7, 11) is -3.57. The van der Waals surface area contributed by atoms with Crippen molar-refractivity contribution < 1.29 is 23.1 Å². The summed E-state index contributed by atoms with van der Waals surface area (Å²) in [6, 6.07) is 2.64. The molecule has 0 bridgehead atoms. The van der Waals surface area contributed by atoms with Crippen molar-refractivity contribution in [1.82, 2.24) is 4.31 Å². The molecule has 0 atom stereocenters. The largest absolute Gasteiger partial charge is 0.477 e. The molecule has 0 spiro atoms. The fourth-order valence-electron chi connectivity index (χ4n) is 1.49. The van der Waals surface area contributed by atoms with Crippen LogP contribution < -0.4 is 0 Å². The lowest BCUT2D eigenvalue weighted by atomic mass is 10.5. The Hall–Kier alpha value is -0.960. The number of hydrogen-bond donors (Lipinski definition) is 1. The Morgan fingerprint density at radius 1 is 1.35 bits per heavy atom. The van der Waals surface area contributed by atoms with Crippen LogP contribution in [0.1, 0.15) is 9.67 Å². The lowest BCUT2D eigenvalue weighted by molar-refractivity contribution is 0.0702. The minimum absolute atomic E-state index is 0.0248. The van der Waals surface area contributed by atoms with Gasteiger partial charge in [-0.1, -0.05) is 0 Å². The highest BCUT2D eigenvalue weighted by Gasteiger charge is 2.28. The molecule has 1 N–H and O–H groups in total. The Balaban J connectivity index is 2.27. The van der Waals surface area contributed by atoms with E-state index in [1.807, 2.05) is 0 Å². The molecule has 6 nitrogen and oxygen atoms in total. The van der Waals surface area contributed by atoms with Gasteiger partial charge in [0.25, 0.3) is 10.0 Å². The summed E-state index contributed by atoms with van der Waals surface area (Å²) < 4.78 is 30.7. The van der Waals surface area contributed by atoms with E-state index in [-0.39, 0.29) is 9.09 Å². The summed E-state index contributed by atoms with van der Waals surface area (Å²) in [6.07, 6.45) is 0. The molecule has 0 aliphatic carbocycles. The van der Waals surface area contributed by atoms with Gasteiger partial charge in [-0.3, -0.25) is 0 Å². The summed E-state index contributed by atoms with van der Waals surface area (Å²) in [5.74, 6) is -1.11. The van der Waals surface area contributed by atoms with E-state index in [0.717, 1.165) is 11.3 Å². The molecule has 17 heavy (non-hydrogen) atoms. The van der Waals surface area contributed by atoms with Gasteiger partial charge >= 0.3 is 5.97 Å². The highest BCUT2D eigenvalue weighted by atomic mass is 32.2. The molecule has 1 saturated heterocycles. The molecule has 0 radical (unpaired) electrons. The van der Waals surface area contributed by atoms with Crippen molar-refractivity contribution in [3.63, 3.8) is 0 Å². The molecule has 2 heterocycles. The van der Waals surface area contributed by atoms with E-state index in [1.165, 1.54) is 16.4 Å². The van der Waals surface area contributed by atoms with E-state index in [2.05, 4.69) is 0 Å². The average molecular weight is 277 g/mol. The Morgan fingerprint density at radius 3 is 2.53 bits per heavy atom. The fourth-order valence-corrected chi connectivity index (χ4v) is 4.20. The Labute approximate surface area is 102 Å². The second-order valence-electron chi connectivity index (χ2n) is 3.44. The minimum Gasteiger partial charge on any atom is -0.477 e. The van der Waals surface area contributed by atoms with E-state index < -0.39 is 16.0 Å². The number of carbonyl (C=O) groups is 1. The molecule has 1 aliphatic rings. The number of aromatic carboxylic acids is 1. The van der Waals surface area contributed by atoms with Crippen LogP contribution in [0.25, 0.3) is 0 Å². The second kappa shape index (κ2) is 4.73. The summed E-state index contributed by atoms with van der Waals surface area (Å²) in [5.41, 5.74) is 0. The van der Waals surface area contributed by atoms with Crippen LogP contribution in [0.2, 0.25) is 0 Å². The highest BCUT2D eigenvalue weighted by Crippen LogP contribution is 2.25. The van der Waals surface area contributed by atoms with E-state index in [0.29, 0.717) is 26.3 Å². The number of carboxylic acid groups (broad SMARTS) is 1. The molecule has 1 aromatic rings. The molecule has 0 saturated carbocycles. The third-order valence-electron chi connectivity index (χ3n) is 2.36. The normalized spacial score (nSPS) is 18.1. The average Bonchev–Trinajstić information content (AvgIpc) is 2.80. The van der Waals surface area contributed by atoms with Crippen LogP contribution in [0.15, 0.2) is 16.3 Å². The summed E-state index contributed by atoms with van der Waals surface area (Å²) in [6.45, 7) is 1.36. The zero-order valence-electron chi connectivity index (χ0n) is 8.83. The molecular weight excluding hydrogens is 266 g/mol. The summed E-state index contributed by atoms with van der Waals surface area (Å²) in [4.78, 5) is 10.7. The molecular formula is C9H11NO5S2. The Kier molecular flexibility index (Phi) is 3.48. The van der Waals surface area contributed by atoms with Crippen molar-refractivity contribution in [3.8, 4) is 0 Å². The molecule has 8 heteroatoms. The van der Waals surface area contributed by atoms with Crippen LogP contribution in [0.4, 0.5) is 0 Å². The lowest BCUT2D eigenvalue weighted by Crippen LogP contribution is -2.40. The SMILES string of the molecule is O=C(O)c1ccc(S(=O)(=O)N2CCOCC2)s1. The quantitative estimate of drug-likeness (QED) is 0.868. The van der Waals surface area contributed by atoms with Gasteiger partial charge in [-0.15, -0.1) is 11.3 Å². The minimum atomic E-state index is -3.57. The number of ether oxygens (including phenoxy) is 1. The molecule has 0 amide bonds. The van der Waals surface area contributed by atoms with Gasteiger partial charge in [-0.2, -0.15) is 4.31 Å². The third kappa shape index (κ3) is 2.49. The fraction of sp³-hybridized carbons (Fsp3) is 0.444. The Bertz CT molecular complexity index is 515. The predicted molar refractivity (Wildman–Crippen MR) is 60.9 cm³/mol. The van der Waals surface area contributed by atoms with Gasteiger partial charge in [0.1, 0.15) is 9.09 Å². The van der Waals surface area contributed by atoms with Crippen LogP contribution >= 0.6 is 11.3 Å². The van der Waals surface area contributed by atoms with E-state index >= 15 is 0 Å². The first-order chi connectivity index (χ1) is 8.01. The Morgan fingerprint density at radius 2 is 2.00 bits per heavy atom. The summed E-state index contributed by atoms with van der Waals surface area (Å²) >= 11 is 0.772. The van der Waals surface area contributed by atoms with Crippen molar-refractivity contribution in [3.05, 3.63) is 17.0 Å². The van der Waals surface area contributed by atoms with Crippen molar-refractivity contribution in [2.75, 3.05) is 26.3 Å². The number of nitrogens with zero attached hydrogens (tertiary/aromatic N) is 1. The molecule has 0 unspecified atom stereocenters. The second-order valence-corrected chi connectivity index (χ2v) is 6.69. The maximum atomic E-state index is 12.1. The molecule has 2 rings (SSSR count). The molecule has 94 valence electrons. The van der Waals surface area contributed by atoms with Crippen molar-refractivity contribution in [2.24, 2.45) is 0 Å². The van der Waals surface area contributed by atoms with Crippen molar-refractivity contribution in [1.29, 1.82) is 0 Å². The maximum Gasteiger partial charge on any atom is 0.345 e. The van der Waals surface area contributed by atoms with Gasteiger partial charge in [-0.05, 0) is 12.1 Å². The van der Waals surface area contributed by atoms with Crippen molar-refractivity contribution >= 4 is 27.3 Å². The zero-order valence-corrected chi connectivity index (χ0v) is 10.5. The van der Waals surface area contributed by atoms with Gasteiger partial charge in [-0.25, -0.2) is 13.2 Å². The maximum absolute atomic E-state index is 12.1. The first kappa shape index (κ1) is 12.5. The first-order valence-electron chi connectivity index (χ1n) is 4.93. The standard InChI is InChI=1S/C9H11NO5S2/c11-9(12)7-1-2-8(16-7)17(13,14)10-3-5-15-6-4-10/h1-2H,3-6H2,(H,11,12). The van der Waals surface area contributed by atoms with Crippen LogP contribution in [-0.4, -0.2) is 50.1 Å². The van der Waals surface area contributed by atoms with Crippen LogP contribution in [0.5, 0.6) is 0 Å². The summed E-state index contributed by atoms with van der Waals surface area (Å²) in [5, 5.41) is 8.76. The number of rotatable bonds is 3. The molecule has 1 aliphatic heterocycles. The molecule has 0 aromatic carbocycles. The van der Waals surface area contributed by atoms with Gasteiger partial charge in [0.05, 0.1) is 13.2 Å². The number of sulfonamides is 1. The number of carboxylic acids is 1. The lowest BCUT2D eigenvalue weighted by Gasteiger charge is -2.25. The topological polar surface area (TPSA) is 83.9 Å². The number of hydrogen-bond acceptors (Lipinski definition) is 5. The monoisotopic (exact) mass is 277 g/mol. The smallest absolute Gasteiger partial charge is 0.345 e. The number of morpholine rings is 1. The van der Waals surface area contributed by atoms with Crippen molar-refractivity contribution in [2.45, 2.75) is 4.21 Å². The van der Waals surface area contributed by atoms with Crippen LogP contribution in [-0.2, 0) is 14.8 Å². The zero-order chi connectivity index (χ0) is 12.5. The first-order valence-corrected chi connectivity index (χ1v) is 7.18. The van der Waals surface area contributed by atoms with E-state index in [4.69, 9.17) is 9.84 Å². The van der Waals surface area contributed by atoms with Gasteiger partial charge in [0, 0.05) is 13.1 Å². The third-order valence-corrected chi connectivity index (χ3v) is 5.80. The number of thiophene rings is 1.